The Balaban J connectivity index is 2.21. The van der Waals surface area contributed by atoms with Gasteiger partial charge in [-0.3, -0.25) is 4.79 Å². The van der Waals surface area contributed by atoms with E-state index in [0.717, 1.165) is 16.5 Å². The van der Waals surface area contributed by atoms with Crippen molar-refractivity contribution < 1.29 is 14.3 Å². The fraction of sp³-hybridized carbons (Fsp3) is 0. The van der Waals surface area contributed by atoms with Crippen LogP contribution in [0.4, 0.5) is 4.39 Å². The molecule has 0 aromatic heterocycles. The number of halogens is 1. The van der Waals surface area contributed by atoms with Crippen LogP contribution in [0.5, 0.6) is 5.75 Å². The van der Waals surface area contributed by atoms with E-state index in [4.69, 9.17) is 0 Å². The van der Waals surface area contributed by atoms with E-state index >= 15 is 0 Å². The monoisotopic (exact) mass is 264 g/mol. The molecular weight excluding hydrogens is 255 g/mol. The van der Waals surface area contributed by atoms with Gasteiger partial charge in [0.25, 0.3) is 0 Å². The van der Waals surface area contributed by atoms with Crippen molar-refractivity contribution in [3.05, 3.63) is 65.5 Å². The molecule has 1 aliphatic carbocycles. The number of carbonyl (C=O) groups is 1. The standard InChI is InChI=1S/C17H9FO2/c18-9-5-6-12-13(7-9)17(20)14-8-15(19)10-3-1-2-4-11(10)16(12)14/h1-8,19H. The number of phenolic OH excluding ortho intramolecular Hbond substituents is 1. The molecule has 0 radical (unpaired) electrons. The summed E-state index contributed by atoms with van der Waals surface area (Å²) in [6.45, 7) is 0. The van der Waals surface area contributed by atoms with E-state index in [1.165, 1.54) is 18.2 Å². The fourth-order valence-corrected chi connectivity index (χ4v) is 2.89. The SMILES string of the molecule is O=C1c2cc(F)ccc2-c2c1cc(O)c1ccccc21. The van der Waals surface area contributed by atoms with Crippen LogP contribution in [0.3, 0.4) is 0 Å². The zero-order valence-electron chi connectivity index (χ0n) is 10.4. The zero-order valence-corrected chi connectivity index (χ0v) is 10.4. The van der Waals surface area contributed by atoms with Crippen LogP contribution in [0, 0.1) is 5.82 Å². The number of carbonyl (C=O) groups excluding carboxylic acids is 1. The Hall–Kier alpha value is -2.68. The molecule has 1 aliphatic rings. The van der Waals surface area contributed by atoms with Crippen molar-refractivity contribution >= 4 is 16.6 Å². The van der Waals surface area contributed by atoms with Crippen molar-refractivity contribution in [3.8, 4) is 16.9 Å². The van der Waals surface area contributed by atoms with Gasteiger partial charge in [0, 0.05) is 22.1 Å². The quantitative estimate of drug-likeness (QED) is 0.523. The molecule has 4 rings (SSSR count). The maximum Gasteiger partial charge on any atom is 0.194 e. The Morgan fingerprint density at radius 2 is 1.60 bits per heavy atom. The third kappa shape index (κ3) is 1.29. The molecule has 0 bridgehead atoms. The number of hydrogen-bond acceptors (Lipinski definition) is 2. The van der Waals surface area contributed by atoms with Crippen molar-refractivity contribution in [2.24, 2.45) is 0 Å². The van der Waals surface area contributed by atoms with Crippen molar-refractivity contribution in [1.29, 1.82) is 0 Å². The van der Waals surface area contributed by atoms with E-state index in [-0.39, 0.29) is 11.5 Å². The molecule has 20 heavy (non-hydrogen) atoms. The summed E-state index contributed by atoms with van der Waals surface area (Å²) in [4.78, 5) is 12.4. The molecule has 0 saturated carbocycles. The highest BCUT2D eigenvalue weighted by Crippen LogP contribution is 2.44. The normalized spacial score (nSPS) is 12.6. The molecule has 2 nitrogen and oxygen atoms in total. The maximum absolute atomic E-state index is 13.4. The minimum atomic E-state index is -0.432. The number of aromatic hydroxyl groups is 1. The molecule has 3 heteroatoms. The summed E-state index contributed by atoms with van der Waals surface area (Å²) < 4.78 is 13.4. The van der Waals surface area contributed by atoms with Gasteiger partial charge in [0.2, 0.25) is 0 Å². The van der Waals surface area contributed by atoms with Crippen LogP contribution in [0.15, 0.2) is 48.5 Å². The Labute approximate surface area is 114 Å². The fourth-order valence-electron chi connectivity index (χ4n) is 2.89. The second-order valence-corrected chi connectivity index (χ2v) is 4.88. The molecular formula is C17H9FO2. The second-order valence-electron chi connectivity index (χ2n) is 4.88. The topological polar surface area (TPSA) is 37.3 Å². The molecule has 96 valence electrons. The summed E-state index contributed by atoms with van der Waals surface area (Å²) in [5.41, 5.74) is 2.29. The highest BCUT2D eigenvalue weighted by molar-refractivity contribution is 6.26. The molecule has 0 spiro atoms. The smallest absolute Gasteiger partial charge is 0.194 e. The molecule has 0 unspecified atom stereocenters. The third-order valence-corrected chi connectivity index (χ3v) is 3.76. The first-order chi connectivity index (χ1) is 9.66. The molecule has 0 amide bonds. The summed E-state index contributed by atoms with van der Waals surface area (Å²) in [5, 5.41) is 11.6. The van der Waals surface area contributed by atoms with Gasteiger partial charge in [0.15, 0.2) is 5.78 Å². The lowest BCUT2D eigenvalue weighted by molar-refractivity contribution is 0.104. The number of fused-ring (bicyclic) bond motifs is 5. The van der Waals surface area contributed by atoms with Crippen LogP contribution < -0.4 is 0 Å². The van der Waals surface area contributed by atoms with Gasteiger partial charge in [-0.05, 0) is 29.1 Å². The van der Waals surface area contributed by atoms with Crippen LogP contribution in [-0.4, -0.2) is 10.9 Å². The predicted octanol–water partition coefficient (Wildman–Crippen LogP) is 3.90. The summed E-state index contributed by atoms with van der Waals surface area (Å²) in [6, 6.07) is 13.0. The van der Waals surface area contributed by atoms with Gasteiger partial charge in [0.1, 0.15) is 11.6 Å². The number of phenols is 1. The average Bonchev–Trinajstić information content (AvgIpc) is 2.73. The van der Waals surface area contributed by atoms with Crippen molar-refractivity contribution in [1.82, 2.24) is 0 Å². The second kappa shape index (κ2) is 3.67. The van der Waals surface area contributed by atoms with Gasteiger partial charge in [-0.1, -0.05) is 30.3 Å². The molecule has 0 saturated heterocycles. The van der Waals surface area contributed by atoms with Gasteiger partial charge >= 0.3 is 0 Å². The largest absolute Gasteiger partial charge is 0.507 e. The van der Waals surface area contributed by atoms with Crippen molar-refractivity contribution in [2.45, 2.75) is 0 Å². The summed E-state index contributed by atoms with van der Waals surface area (Å²) >= 11 is 0. The van der Waals surface area contributed by atoms with E-state index in [1.54, 1.807) is 12.1 Å². The molecule has 0 fully saturated rings. The van der Waals surface area contributed by atoms with Crippen LogP contribution in [-0.2, 0) is 0 Å². The summed E-state index contributed by atoms with van der Waals surface area (Å²) in [7, 11) is 0. The van der Waals surface area contributed by atoms with E-state index in [2.05, 4.69) is 0 Å². The van der Waals surface area contributed by atoms with E-state index in [0.29, 0.717) is 16.5 Å². The van der Waals surface area contributed by atoms with Gasteiger partial charge < -0.3 is 5.11 Å². The van der Waals surface area contributed by atoms with Crippen LogP contribution in [0.1, 0.15) is 15.9 Å². The number of hydrogen-bond donors (Lipinski definition) is 1. The number of ketones is 1. The van der Waals surface area contributed by atoms with E-state index in [9.17, 15) is 14.3 Å². The molecule has 1 N–H and O–H groups in total. The minimum absolute atomic E-state index is 0.0704. The van der Waals surface area contributed by atoms with Gasteiger partial charge in [-0.25, -0.2) is 4.39 Å². The first-order valence-corrected chi connectivity index (χ1v) is 6.26. The van der Waals surface area contributed by atoms with Crippen LogP contribution in [0.2, 0.25) is 0 Å². The zero-order chi connectivity index (χ0) is 13.9. The Morgan fingerprint density at radius 1 is 0.850 bits per heavy atom. The highest BCUT2D eigenvalue weighted by Gasteiger charge is 2.29. The Morgan fingerprint density at radius 3 is 2.40 bits per heavy atom. The molecule has 3 aromatic rings. The molecule has 3 aromatic carbocycles. The van der Waals surface area contributed by atoms with Crippen molar-refractivity contribution in [2.75, 3.05) is 0 Å². The van der Waals surface area contributed by atoms with E-state index in [1.807, 2.05) is 18.2 Å². The van der Waals surface area contributed by atoms with Gasteiger partial charge in [-0.2, -0.15) is 0 Å². The lowest BCUT2D eigenvalue weighted by atomic mass is 9.97. The Bertz CT molecular complexity index is 897. The Kier molecular flexibility index (Phi) is 2.05. The number of benzene rings is 3. The minimum Gasteiger partial charge on any atom is -0.507 e. The predicted molar refractivity (Wildman–Crippen MR) is 74.4 cm³/mol. The van der Waals surface area contributed by atoms with Gasteiger partial charge in [-0.15, -0.1) is 0 Å². The maximum atomic E-state index is 13.4. The molecule has 0 aliphatic heterocycles. The molecule has 0 atom stereocenters. The van der Waals surface area contributed by atoms with Crippen molar-refractivity contribution in [3.63, 3.8) is 0 Å². The number of rotatable bonds is 0. The molecule has 0 heterocycles. The summed E-state index contributed by atoms with van der Waals surface area (Å²) in [6.07, 6.45) is 0. The van der Waals surface area contributed by atoms with Crippen LogP contribution in [0.25, 0.3) is 21.9 Å². The van der Waals surface area contributed by atoms with E-state index < -0.39 is 5.82 Å². The first-order valence-electron chi connectivity index (χ1n) is 6.26. The summed E-state index contributed by atoms with van der Waals surface area (Å²) in [5.74, 6) is -0.602. The van der Waals surface area contributed by atoms with Gasteiger partial charge in [0.05, 0.1) is 0 Å². The average molecular weight is 264 g/mol. The lowest BCUT2D eigenvalue weighted by Gasteiger charge is -2.07. The lowest BCUT2D eigenvalue weighted by Crippen LogP contribution is -1.95. The highest BCUT2D eigenvalue weighted by atomic mass is 19.1. The third-order valence-electron chi connectivity index (χ3n) is 3.76. The van der Waals surface area contributed by atoms with Crippen LogP contribution >= 0.6 is 0 Å². The first kappa shape index (κ1) is 11.2.